The second-order valence-corrected chi connectivity index (χ2v) is 9.36. The molecule has 8 heteroatoms. The van der Waals surface area contributed by atoms with Gasteiger partial charge in [0.2, 0.25) is 0 Å². The summed E-state index contributed by atoms with van der Waals surface area (Å²) in [6, 6.07) is 11.5. The fourth-order valence-electron chi connectivity index (χ4n) is 2.54. The van der Waals surface area contributed by atoms with Crippen molar-refractivity contribution >= 4 is 38.6 Å². The highest BCUT2D eigenvalue weighted by Gasteiger charge is 2.15. The number of rotatable bonds is 6. The number of Topliss-reactive ketones (excluding diaryl/α,β-unsaturated/α-hetero) is 1. The van der Waals surface area contributed by atoms with Gasteiger partial charge in [0.05, 0.1) is 22.2 Å². The van der Waals surface area contributed by atoms with Gasteiger partial charge in [0.25, 0.3) is 0 Å². The van der Waals surface area contributed by atoms with Gasteiger partial charge in [0.1, 0.15) is 5.01 Å². The molecule has 3 aromatic rings. The lowest BCUT2D eigenvalue weighted by atomic mass is 10.0. The minimum atomic E-state index is -3.37. The Labute approximate surface area is 166 Å². The third-order valence-electron chi connectivity index (χ3n) is 3.97. The normalized spacial score (nSPS) is 11.5. The second kappa shape index (κ2) is 7.90. The Hall–Kier alpha value is -2.06. The molecule has 3 rings (SSSR count). The second-order valence-electron chi connectivity index (χ2n) is 6.00. The van der Waals surface area contributed by atoms with Gasteiger partial charge in [0, 0.05) is 29.2 Å². The lowest BCUT2D eigenvalue weighted by molar-refractivity contribution is 0.0993. The van der Waals surface area contributed by atoms with E-state index in [2.05, 4.69) is 4.98 Å². The molecule has 2 aromatic carbocycles. The zero-order valence-corrected chi connectivity index (χ0v) is 16.7. The Balaban J connectivity index is 1.76. The molecule has 0 spiro atoms. The lowest BCUT2D eigenvalue weighted by Crippen LogP contribution is -2.06. The van der Waals surface area contributed by atoms with Gasteiger partial charge in [0.15, 0.2) is 15.6 Å². The molecule has 0 fully saturated rings. The van der Waals surface area contributed by atoms with Crippen LogP contribution in [0.4, 0.5) is 0 Å². The highest BCUT2D eigenvalue weighted by molar-refractivity contribution is 7.90. The maximum absolute atomic E-state index is 12.5. The molecule has 27 heavy (non-hydrogen) atoms. The van der Waals surface area contributed by atoms with Crippen LogP contribution < -0.4 is 0 Å². The predicted molar refractivity (Wildman–Crippen MR) is 106 cm³/mol. The summed E-state index contributed by atoms with van der Waals surface area (Å²) in [5.41, 5.74) is 2.78. The minimum Gasteiger partial charge on any atom is -0.389 e. The third-order valence-corrected chi connectivity index (χ3v) is 6.23. The molecule has 140 valence electrons. The number of aliphatic hydroxyl groups is 1. The molecule has 5 nitrogen and oxygen atoms in total. The van der Waals surface area contributed by atoms with Gasteiger partial charge in [-0.05, 0) is 23.8 Å². The van der Waals surface area contributed by atoms with Crippen LogP contribution in [0.15, 0.2) is 52.7 Å². The molecule has 1 heterocycles. The van der Waals surface area contributed by atoms with Crippen LogP contribution in [0.1, 0.15) is 20.9 Å². The number of aliphatic hydroxyl groups excluding tert-OH is 1. The Morgan fingerprint density at radius 1 is 1.19 bits per heavy atom. The number of carbonyl (C=O) groups excluding carboxylic acids is 1. The van der Waals surface area contributed by atoms with Crippen LogP contribution in [0.25, 0.3) is 11.3 Å². The average Bonchev–Trinajstić information content (AvgIpc) is 3.10. The summed E-state index contributed by atoms with van der Waals surface area (Å²) in [5, 5.41) is 11.7. The average molecular weight is 422 g/mol. The highest BCUT2D eigenvalue weighted by Crippen LogP contribution is 2.25. The smallest absolute Gasteiger partial charge is 0.175 e. The first-order valence-electron chi connectivity index (χ1n) is 7.95. The fraction of sp³-hybridized carbons (Fsp3) is 0.158. The molecule has 0 amide bonds. The number of hydrogen-bond donors (Lipinski definition) is 1. The third kappa shape index (κ3) is 4.62. The van der Waals surface area contributed by atoms with Gasteiger partial charge in [-0.15, -0.1) is 11.3 Å². The van der Waals surface area contributed by atoms with Crippen LogP contribution >= 0.6 is 22.9 Å². The van der Waals surface area contributed by atoms with Crippen molar-refractivity contribution in [3.8, 4) is 11.3 Å². The molecule has 0 aliphatic rings. The number of benzene rings is 2. The van der Waals surface area contributed by atoms with E-state index < -0.39 is 9.84 Å². The molecular weight excluding hydrogens is 406 g/mol. The van der Waals surface area contributed by atoms with Gasteiger partial charge in [-0.3, -0.25) is 4.79 Å². The predicted octanol–water partition coefficient (Wildman–Crippen LogP) is 3.78. The number of aromatic nitrogens is 1. The van der Waals surface area contributed by atoms with E-state index in [9.17, 15) is 13.2 Å². The molecule has 0 aliphatic heterocycles. The Morgan fingerprint density at radius 2 is 1.89 bits per heavy atom. The molecule has 0 atom stereocenters. The van der Waals surface area contributed by atoms with Crippen molar-refractivity contribution in [2.24, 2.45) is 0 Å². The Morgan fingerprint density at radius 3 is 2.44 bits per heavy atom. The van der Waals surface area contributed by atoms with E-state index in [1.54, 1.807) is 0 Å². The standard InChI is InChI=1S/C19H16ClNO4S2/c1-27(24,25)14-6-7-15(16(20)9-14)18(23)8-12-2-4-13(5-3-12)17-11-26-19(10-22)21-17/h2-7,9,11,22H,8,10H2,1H3. The summed E-state index contributed by atoms with van der Waals surface area (Å²) in [5.74, 6) is -0.191. The van der Waals surface area contributed by atoms with Crippen molar-refractivity contribution in [2.45, 2.75) is 17.9 Å². The van der Waals surface area contributed by atoms with E-state index >= 15 is 0 Å². The monoisotopic (exact) mass is 421 g/mol. The van der Waals surface area contributed by atoms with Crippen molar-refractivity contribution in [1.29, 1.82) is 0 Å². The van der Waals surface area contributed by atoms with Crippen molar-refractivity contribution in [3.63, 3.8) is 0 Å². The summed E-state index contributed by atoms with van der Waals surface area (Å²) >= 11 is 7.49. The summed E-state index contributed by atoms with van der Waals surface area (Å²) in [7, 11) is -3.37. The zero-order chi connectivity index (χ0) is 19.6. The maximum Gasteiger partial charge on any atom is 0.175 e. The maximum atomic E-state index is 12.5. The van der Waals surface area contributed by atoms with Crippen molar-refractivity contribution in [2.75, 3.05) is 6.26 Å². The molecular formula is C19H16ClNO4S2. The van der Waals surface area contributed by atoms with Crippen molar-refractivity contribution in [3.05, 3.63) is 69.0 Å². The number of thiazole rings is 1. The molecule has 0 bridgehead atoms. The molecule has 1 N–H and O–H groups in total. The van der Waals surface area contributed by atoms with E-state index in [4.69, 9.17) is 16.7 Å². The van der Waals surface area contributed by atoms with E-state index in [-0.39, 0.29) is 28.7 Å². The van der Waals surface area contributed by atoms with Crippen LogP contribution in [0.3, 0.4) is 0 Å². The molecule has 0 saturated heterocycles. The Kier molecular flexibility index (Phi) is 5.76. The summed E-state index contributed by atoms with van der Waals surface area (Å²) in [6.45, 7) is -0.0872. The van der Waals surface area contributed by atoms with Crippen LogP contribution in [0.5, 0.6) is 0 Å². The quantitative estimate of drug-likeness (QED) is 0.612. The largest absolute Gasteiger partial charge is 0.389 e. The van der Waals surface area contributed by atoms with Gasteiger partial charge >= 0.3 is 0 Å². The van der Waals surface area contributed by atoms with Gasteiger partial charge in [-0.2, -0.15) is 0 Å². The SMILES string of the molecule is CS(=O)(=O)c1ccc(C(=O)Cc2ccc(-c3csc(CO)n3)cc2)c(Cl)c1. The van der Waals surface area contributed by atoms with Gasteiger partial charge in [-0.25, -0.2) is 13.4 Å². The lowest BCUT2D eigenvalue weighted by Gasteiger charge is -2.07. The van der Waals surface area contributed by atoms with Crippen LogP contribution in [-0.4, -0.2) is 30.5 Å². The van der Waals surface area contributed by atoms with E-state index in [0.29, 0.717) is 10.6 Å². The zero-order valence-electron chi connectivity index (χ0n) is 14.3. The van der Waals surface area contributed by atoms with Crippen LogP contribution in [-0.2, 0) is 22.9 Å². The molecule has 0 radical (unpaired) electrons. The van der Waals surface area contributed by atoms with Gasteiger partial charge < -0.3 is 5.11 Å². The van der Waals surface area contributed by atoms with E-state index in [0.717, 1.165) is 23.1 Å². The summed E-state index contributed by atoms with van der Waals surface area (Å²) < 4.78 is 23.1. The van der Waals surface area contributed by atoms with Crippen molar-refractivity contribution < 1.29 is 18.3 Å². The minimum absolute atomic E-state index is 0.0823. The Bertz CT molecular complexity index is 1090. The number of ketones is 1. The molecule has 0 saturated carbocycles. The molecule has 0 aliphatic carbocycles. The summed E-state index contributed by atoms with van der Waals surface area (Å²) in [4.78, 5) is 16.9. The number of hydrogen-bond acceptors (Lipinski definition) is 6. The highest BCUT2D eigenvalue weighted by atomic mass is 35.5. The van der Waals surface area contributed by atoms with E-state index in [1.807, 2.05) is 29.6 Å². The number of nitrogens with zero attached hydrogens (tertiary/aromatic N) is 1. The van der Waals surface area contributed by atoms with Crippen molar-refractivity contribution in [1.82, 2.24) is 4.98 Å². The fourth-order valence-corrected chi connectivity index (χ4v) is 4.20. The van der Waals surface area contributed by atoms with E-state index in [1.165, 1.54) is 29.5 Å². The first-order valence-corrected chi connectivity index (χ1v) is 11.1. The number of carbonyl (C=O) groups is 1. The van der Waals surface area contributed by atoms with Crippen LogP contribution in [0.2, 0.25) is 5.02 Å². The summed E-state index contributed by atoms with van der Waals surface area (Å²) in [6.07, 6.45) is 1.24. The van der Waals surface area contributed by atoms with Crippen LogP contribution in [0, 0.1) is 0 Å². The molecule has 1 aromatic heterocycles. The number of halogens is 1. The first kappa shape index (κ1) is 19.7. The first-order chi connectivity index (χ1) is 12.8. The number of sulfone groups is 1. The van der Waals surface area contributed by atoms with Gasteiger partial charge in [-0.1, -0.05) is 35.9 Å². The topological polar surface area (TPSA) is 84.3 Å². The molecule has 0 unspecified atom stereocenters.